The quantitative estimate of drug-likeness (QED) is 0.773. The molecule has 1 aromatic carbocycles. The first-order chi connectivity index (χ1) is 13.2. The minimum absolute atomic E-state index is 0.142. The predicted molar refractivity (Wildman–Crippen MR) is 99.4 cm³/mol. The van der Waals surface area contributed by atoms with Crippen molar-refractivity contribution >= 4 is 5.91 Å². The summed E-state index contributed by atoms with van der Waals surface area (Å²) >= 11 is 0. The van der Waals surface area contributed by atoms with Gasteiger partial charge in [0.1, 0.15) is 5.75 Å². The zero-order valence-electron chi connectivity index (χ0n) is 15.7. The van der Waals surface area contributed by atoms with Crippen molar-refractivity contribution in [1.82, 2.24) is 10.2 Å². The summed E-state index contributed by atoms with van der Waals surface area (Å²) in [4.78, 5) is 14.9. The molecule has 0 spiro atoms. The van der Waals surface area contributed by atoms with Crippen LogP contribution in [0, 0.1) is 17.2 Å². The van der Waals surface area contributed by atoms with Crippen molar-refractivity contribution in [2.24, 2.45) is 5.92 Å². The number of ether oxygens (including phenoxy) is 3. The summed E-state index contributed by atoms with van der Waals surface area (Å²) in [7, 11) is 0. The van der Waals surface area contributed by atoms with Gasteiger partial charge in [0.2, 0.25) is 0 Å². The lowest BCUT2D eigenvalue weighted by Gasteiger charge is -2.37. The van der Waals surface area contributed by atoms with E-state index in [9.17, 15) is 4.79 Å². The van der Waals surface area contributed by atoms with Gasteiger partial charge in [-0.15, -0.1) is 0 Å². The standard InChI is InChI=1S/C20H27N3O4/c1-15(27-18-4-2-16(12-21)3-5-18)20(24)22-13-19(17-6-9-26-14-17)23-7-10-25-11-8-23/h2-5,15,17,19H,6-11,13-14H2,1H3,(H,22,24). The van der Waals surface area contributed by atoms with E-state index in [1.54, 1.807) is 31.2 Å². The Bertz CT molecular complexity index is 646. The molecule has 27 heavy (non-hydrogen) atoms. The molecule has 2 aliphatic heterocycles. The van der Waals surface area contributed by atoms with Gasteiger partial charge >= 0.3 is 0 Å². The van der Waals surface area contributed by atoms with Gasteiger partial charge in [0, 0.05) is 38.2 Å². The van der Waals surface area contributed by atoms with Crippen molar-refractivity contribution in [2.45, 2.75) is 25.5 Å². The molecule has 3 rings (SSSR count). The second-order valence-electron chi connectivity index (χ2n) is 6.98. The first-order valence-electron chi connectivity index (χ1n) is 9.51. The van der Waals surface area contributed by atoms with Crippen molar-refractivity contribution in [3.05, 3.63) is 29.8 Å². The van der Waals surface area contributed by atoms with E-state index in [0.29, 0.717) is 23.8 Å². The van der Waals surface area contributed by atoms with Crippen LogP contribution in [-0.4, -0.2) is 69.0 Å². The van der Waals surface area contributed by atoms with E-state index in [1.807, 2.05) is 0 Å². The number of hydrogen-bond donors (Lipinski definition) is 1. The maximum atomic E-state index is 12.5. The molecule has 0 aliphatic carbocycles. The normalized spacial score (nSPS) is 22.6. The average Bonchev–Trinajstić information content (AvgIpc) is 3.24. The molecule has 2 heterocycles. The highest BCUT2D eigenvalue weighted by molar-refractivity contribution is 5.80. The number of hydrogen-bond acceptors (Lipinski definition) is 6. The zero-order valence-corrected chi connectivity index (χ0v) is 15.7. The molecule has 2 aliphatic rings. The fourth-order valence-corrected chi connectivity index (χ4v) is 3.57. The lowest BCUT2D eigenvalue weighted by atomic mass is 9.97. The smallest absolute Gasteiger partial charge is 0.260 e. The Morgan fingerprint density at radius 1 is 1.30 bits per heavy atom. The molecule has 1 N–H and O–H groups in total. The van der Waals surface area contributed by atoms with Crippen molar-refractivity contribution in [1.29, 1.82) is 5.26 Å². The number of rotatable bonds is 7. The largest absolute Gasteiger partial charge is 0.481 e. The van der Waals surface area contributed by atoms with E-state index in [1.165, 1.54) is 0 Å². The molecule has 2 saturated heterocycles. The number of nitriles is 1. The Morgan fingerprint density at radius 2 is 2.04 bits per heavy atom. The number of carbonyl (C=O) groups is 1. The van der Waals surface area contributed by atoms with Crippen LogP contribution < -0.4 is 10.1 Å². The molecule has 3 atom stereocenters. The van der Waals surface area contributed by atoms with Crippen LogP contribution in [0.1, 0.15) is 18.9 Å². The van der Waals surface area contributed by atoms with Crippen molar-refractivity contribution < 1.29 is 19.0 Å². The van der Waals surface area contributed by atoms with E-state index in [-0.39, 0.29) is 11.9 Å². The van der Waals surface area contributed by atoms with E-state index in [2.05, 4.69) is 16.3 Å². The molecule has 146 valence electrons. The van der Waals surface area contributed by atoms with Gasteiger partial charge in [-0.1, -0.05) is 0 Å². The van der Waals surface area contributed by atoms with Crippen LogP contribution >= 0.6 is 0 Å². The molecule has 0 radical (unpaired) electrons. The van der Waals surface area contributed by atoms with Gasteiger partial charge in [-0.3, -0.25) is 9.69 Å². The van der Waals surface area contributed by atoms with Crippen LogP contribution in [0.5, 0.6) is 5.75 Å². The summed E-state index contributed by atoms with van der Waals surface area (Å²) in [5.74, 6) is 0.861. The Hall–Kier alpha value is -2.14. The van der Waals surface area contributed by atoms with Gasteiger partial charge in [-0.25, -0.2) is 0 Å². The van der Waals surface area contributed by atoms with Crippen LogP contribution in [-0.2, 0) is 14.3 Å². The maximum absolute atomic E-state index is 12.5. The third kappa shape index (κ3) is 5.42. The second kappa shape index (κ2) is 9.70. The Balaban J connectivity index is 1.53. The number of carbonyl (C=O) groups excluding carboxylic acids is 1. The summed E-state index contributed by atoms with van der Waals surface area (Å²) in [6.07, 6.45) is 0.415. The Labute approximate surface area is 160 Å². The first kappa shape index (κ1) is 19.6. The summed E-state index contributed by atoms with van der Waals surface area (Å²) < 4.78 is 16.7. The number of nitrogens with zero attached hydrogens (tertiary/aromatic N) is 2. The highest BCUT2D eigenvalue weighted by Crippen LogP contribution is 2.22. The molecule has 3 unspecified atom stereocenters. The summed E-state index contributed by atoms with van der Waals surface area (Å²) in [5.41, 5.74) is 0.562. The summed E-state index contributed by atoms with van der Waals surface area (Å²) in [5, 5.41) is 11.9. The zero-order chi connectivity index (χ0) is 19.1. The van der Waals surface area contributed by atoms with Gasteiger partial charge in [-0.05, 0) is 37.6 Å². The number of amides is 1. The van der Waals surface area contributed by atoms with Gasteiger partial charge in [0.05, 0.1) is 31.5 Å². The van der Waals surface area contributed by atoms with Crippen LogP contribution in [0.3, 0.4) is 0 Å². The molecule has 1 aromatic rings. The van der Waals surface area contributed by atoms with Gasteiger partial charge in [-0.2, -0.15) is 5.26 Å². The average molecular weight is 373 g/mol. The fourth-order valence-electron chi connectivity index (χ4n) is 3.57. The Kier molecular flexibility index (Phi) is 7.04. The molecular formula is C20H27N3O4. The molecular weight excluding hydrogens is 346 g/mol. The van der Waals surface area contributed by atoms with Gasteiger partial charge in [0.15, 0.2) is 6.10 Å². The van der Waals surface area contributed by atoms with Gasteiger partial charge in [0.25, 0.3) is 5.91 Å². The summed E-state index contributed by atoms with van der Waals surface area (Å²) in [6, 6.07) is 9.07. The summed E-state index contributed by atoms with van der Waals surface area (Å²) in [6.45, 7) is 7.08. The molecule has 7 nitrogen and oxygen atoms in total. The molecule has 1 amide bonds. The lowest BCUT2D eigenvalue weighted by molar-refractivity contribution is -0.127. The van der Waals surface area contributed by atoms with E-state index in [0.717, 1.165) is 45.9 Å². The van der Waals surface area contributed by atoms with Gasteiger partial charge < -0.3 is 19.5 Å². The minimum Gasteiger partial charge on any atom is -0.481 e. The lowest BCUT2D eigenvalue weighted by Crippen LogP contribution is -2.53. The highest BCUT2D eigenvalue weighted by atomic mass is 16.5. The fraction of sp³-hybridized carbons (Fsp3) is 0.600. The van der Waals surface area contributed by atoms with E-state index >= 15 is 0 Å². The number of nitrogens with one attached hydrogen (secondary N) is 1. The monoisotopic (exact) mass is 373 g/mol. The molecule has 0 saturated carbocycles. The number of morpholine rings is 1. The molecule has 7 heteroatoms. The molecule has 0 aromatic heterocycles. The third-order valence-corrected chi connectivity index (χ3v) is 5.17. The van der Waals surface area contributed by atoms with Crippen LogP contribution in [0.2, 0.25) is 0 Å². The van der Waals surface area contributed by atoms with Crippen LogP contribution in [0.15, 0.2) is 24.3 Å². The number of benzene rings is 1. The second-order valence-corrected chi connectivity index (χ2v) is 6.98. The van der Waals surface area contributed by atoms with E-state index < -0.39 is 6.10 Å². The Morgan fingerprint density at radius 3 is 2.67 bits per heavy atom. The molecule has 0 bridgehead atoms. The minimum atomic E-state index is -0.608. The van der Waals surface area contributed by atoms with Crippen LogP contribution in [0.25, 0.3) is 0 Å². The third-order valence-electron chi connectivity index (χ3n) is 5.17. The first-order valence-corrected chi connectivity index (χ1v) is 9.51. The van der Waals surface area contributed by atoms with Crippen molar-refractivity contribution in [3.63, 3.8) is 0 Å². The topological polar surface area (TPSA) is 83.8 Å². The van der Waals surface area contributed by atoms with Crippen molar-refractivity contribution in [3.8, 4) is 11.8 Å². The maximum Gasteiger partial charge on any atom is 0.260 e. The molecule has 2 fully saturated rings. The van der Waals surface area contributed by atoms with E-state index in [4.69, 9.17) is 19.5 Å². The highest BCUT2D eigenvalue weighted by Gasteiger charge is 2.32. The van der Waals surface area contributed by atoms with Crippen LogP contribution in [0.4, 0.5) is 0 Å². The van der Waals surface area contributed by atoms with Crippen molar-refractivity contribution in [2.75, 3.05) is 46.1 Å². The predicted octanol–water partition coefficient (Wildman–Crippen LogP) is 1.18. The SMILES string of the molecule is CC(Oc1ccc(C#N)cc1)C(=O)NCC(C1CCOC1)N1CCOCC1.